The van der Waals surface area contributed by atoms with E-state index >= 15 is 0 Å². The van der Waals surface area contributed by atoms with Crippen molar-refractivity contribution in [1.82, 2.24) is 14.8 Å². The smallest absolute Gasteiger partial charge is 0.0596 e. The van der Waals surface area contributed by atoms with Crippen molar-refractivity contribution in [2.24, 2.45) is 0 Å². The molecular formula is C40H25N3. The Hall–Kier alpha value is -5.80. The number of fused-ring (bicyclic) bond motifs is 6. The third kappa shape index (κ3) is 3.62. The molecule has 3 heteroatoms. The molecule has 9 aromatic rings. The molecule has 9 rings (SSSR count). The predicted molar refractivity (Wildman–Crippen MR) is 180 cm³/mol. The minimum atomic E-state index is 1.07. The number of aromatic nitrogens is 3. The highest BCUT2D eigenvalue weighted by Gasteiger charge is 2.18. The summed E-state index contributed by atoms with van der Waals surface area (Å²) in [6.07, 6.45) is 3.83. The van der Waals surface area contributed by atoms with Crippen molar-refractivity contribution in [3.63, 3.8) is 0 Å². The van der Waals surface area contributed by atoms with E-state index in [-0.39, 0.29) is 0 Å². The molecule has 0 bridgehead atoms. The molecule has 200 valence electrons. The van der Waals surface area contributed by atoms with Crippen LogP contribution >= 0.6 is 0 Å². The molecule has 0 radical (unpaired) electrons. The molecule has 0 saturated heterocycles. The molecule has 43 heavy (non-hydrogen) atoms. The molecule has 7 aromatic carbocycles. The standard InChI is InChI=1S/C40H25N3/c1-2-10-26(11-3-1)29-18-19-32(31-15-7-6-14-30(29)31)33-20-21-39(37-25-42-41-24-36(33)37)43-38-17-9-8-16-34(38)35-22-27-12-4-5-13-28(27)23-40(35)43/h1-25H. The third-order valence-corrected chi connectivity index (χ3v) is 8.78. The van der Waals surface area contributed by atoms with Crippen LogP contribution < -0.4 is 0 Å². The number of hydrogen-bond acceptors (Lipinski definition) is 2. The maximum Gasteiger partial charge on any atom is 0.0596 e. The van der Waals surface area contributed by atoms with Crippen molar-refractivity contribution in [2.75, 3.05) is 0 Å². The van der Waals surface area contributed by atoms with Gasteiger partial charge >= 0.3 is 0 Å². The second-order valence-electron chi connectivity index (χ2n) is 11.1. The van der Waals surface area contributed by atoms with Crippen molar-refractivity contribution in [3.8, 4) is 27.9 Å². The number of rotatable bonds is 3. The zero-order chi connectivity index (χ0) is 28.3. The average Bonchev–Trinajstić information content (AvgIpc) is 3.39. The van der Waals surface area contributed by atoms with Crippen LogP contribution in [0.4, 0.5) is 0 Å². The lowest BCUT2D eigenvalue weighted by Crippen LogP contribution is -1.98. The molecule has 0 fully saturated rings. The molecule has 0 aliphatic rings. The van der Waals surface area contributed by atoms with E-state index in [4.69, 9.17) is 0 Å². The van der Waals surface area contributed by atoms with Crippen LogP contribution in [0.25, 0.3) is 82.1 Å². The highest BCUT2D eigenvalue weighted by Crippen LogP contribution is 2.41. The van der Waals surface area contributed by atoms with Crippen LogP contribution in [0.3, 0.4) is 0 Å². The molecule has 0 atom stereocenters. The van der Waals surface area contributed by atoms with Crippen LogP contribution in [-0.2, 0) is 0 Å². The van der Waals surface area contributed by atoms with Gasteiger partial charge < -0.3 is 4.57 Å². The van der Waals surface area contributed by atoms with E-state index in [1.807, 2.05) is 12.4 Å². The summed E-state index contributed by atoms with van der Waals surface area (Å²) in [6.45, 7) is 0. The third-order valence-electron chi connectivity index (χ3n) is 8.78. The Bertz CT molecular complexity index is 2510. The van der Waals surface area contributed by atoms with Gasteiger partial charge in [-0.2, -0.15) is 10.2 Å². The van der Waals surface area contributed by atoms with E-state index in [1.165, 1.54) is 60.0 Å². The van der Waals surface area contributed by atoms with Gasteiger partial charge in [-0.05, 0) is 68.1 Å². The van der Waals surface area contributed by atoms with Crippen molar-refractivity contribution < 1.29 is 0 Å². The van der Waals surface area contributed by atoms with Gasteiger partial charge in [0, 0.05) is 21.5 Å². The second-order valence-corrected chi connectivity index (χ2v) is 11.1. The lowest BCUT2D eigenvalue weighted by Gasteiger charge is -2.16. The SMILES string of the molecule is c1ccc(-c2ccc(-c3ccc(-n4c5ccccc5c5cc6ccccc6cc54)c4cnncc34)c3ccccc23)cc1. The average molecular weight is 548 g/mol. The van der Waals surface area contributed by atoms with Crippen LogP contribution in [0.15, 0.2) is 152 Å². The monoisotopic (exact) mass is 547 g/mol. The first-order valence-electron chi connectivity index (χ1n) is 14.6. The van der Waals surface area contributed by atoms with Gasteiger partial charge in [-0.3, -0.25) is 0 Å². The van der Waals surface area contributed by atoms with Gasteiger partial charge in [0.1, 0.15) is 0 Å². The maximum atomic E-state index is 4.38. The molecule has 0 aliphatic carbocycles. The first-order valence-corrected chi connectivity index (χ1v) is 14.6. The van der Waals surface area contributed by atoms with Crippen molar-refractivity contribution in [3.05, 3.63) is 152 Å². The fourth-order valence-corrected chi connectivity index (χ4v) is 6.83. The van der Waals surface area contributed by atoms with Crippen LogP contribution in [0.1, 0.15) is 0 Å². The van der Waals surface area contributed by atoms with Crippen molar-refractivity contribution >= 4 is 54.1 Å². The molecule has 0 aliphatic heterocycles. The van der Waals surface area contributed by atoms with Crippen molar-refractivity contribution in [2.45, 2.75) is 0 Å². The summed E-state index contributed by atoms with van der Waals surface area (Å²) in [5.74, 6) is 0. The number of para-hydroxylation sites is 1. The summed E-state index contributed by atoms with van der Waals surface area (Å²) < 4.78 is 2.39. The Labute approximate surface area is 248 Å². The Kier molecular flexibility index (Phi) is 5.20. The molecule has 0 saturated carbocycles. The first-order chi connectivity index (χ1) is 21.3. The summed E-state index contributed by atoms with van der Waals surface area (Å²) >= 11 is 0. The van der Waals surface area contributed by atoms with Gasteiger partial charge in [0.15, 0.2) is 0 Å². The Morgan fingerprint density at radius 1 is 0.372 bits per heavy atom. The molecule has 0 amide bonds. The number of benzene rings is 7. The zero-order valence-corrected chi connectivity index (χ0v) is 23.3. The second kappa shape index (κ2) is 9.37. The van der Waals surface area contributed by atoms with E-state index in [0.717, 1.165) is 22.0 Å². The van der Waals surface area contributed by atoms with Crippen LogP contribution in [-0.4, -0.2) is 14.8 Å². The van der Waals surface area contributed by atoms with Gasteiger partial charge in [-0.15, -0.1) is 0 Å². The molecule has 0 N–H and O–H groups in total. The number of nitrogens with zero attached hydrogens (tertiary/aromatic N) is 3. The van der Waals surface area contributed by atoms with Gasteiger partial charge in [0.2, 0.25) is 0 Å². The fourth-order valence-electron chi connectivity index (χ4n) is 6.83. The van der Waals surface area contributed by atoms with Gasteiger partial charge in [0.05, 0.1) is 29.1 Å². The zero-order valence-electron chi connectivity index (χ0n) is 23.3. The molecule has 2 aromatic heterocycles. The van der Waals surface area contributed by atoms with Crippen LogP contribution in [0.2, 0.25) is 0 Å². The molecular weight excluding hydrogens is 522 g/mol. The fraction of sp³-hybridized carbons (Fsp3) is 0. The van der Waals surface area contributed by atoms with E-state index < -0.39 is 0 Å². The van der Waals surface area contributed by atoms with Crippen LogP contribution in [0.5, 0.6) is 0 Å². The highest BCUT2D eigenvalue weighted by atomic mass is 15.1. The van der Waals surface area contributed by atoms with Crippen LogP contribution in [0, 0.1) is 0 Å². The Morgan fingerprint density at radius 3 is 1.77 bits per heavy atom. The lowest BCUT2D eigenvalue weighted by molar-refractivity contribution is 1.05. The quantitative estimate of drug-likeness (QED) is 0.220. The molecule has 3 nitrogen and oxygen atoms in total. The molecule has 0 spiro atoms. The normalized spacial score (nSPS) is 11.7. The largest absolute Gasteiger partial charge is 0.309 e. The minimum absolute atomic E-state index is 1.07. The minimum Gasteiger partial charge on any atom is -0.309 e. The Balaban J connectivity index is 1.33. The van der Waals surface area contributed by atoms with E-state index in [9.17, 15) is 0 Å². The van der Waals surface area contributed by atoms with Crippen molar-refractivity contribution in [1.29, 1.82) is 0 Å². The predicted octanol–water partition coefficient (Wildman–Crippen LogP) is 10.4. The molecule has 0 unspecified atom stereocenters. The first kappa shape index (κ1) is 23.9. The van der Waals surface area contributed by atoms with E-state index in [0.29, 0.717) is 0 Å². The summed E-state index contributed by atoms with van der Waals surface area (Å²) in [6, 6.07) is 50.2. The Morgan fingerprint density at radius 2 is 0.953 bits per heavy atom. The summed E-state index contributed by atoms with van der Waals surface area (Å²) in [7, 11) is 0. The summed E-state index contributed by atoms with van der Waals surface area (Å²) in [5.41, 5.74) is 8.25. The summed E-state index contributed by atoms with van der Waals surface area (Å²) in [5, 5.41) is 18.3. The topological polar surface area (TPSA) is 30.7 Å². The summed E-state index contributed by atoms with van der Waals surface area (Å²) in [4.78, 5) is 0. The maximum absolute atomic E-state index is 4.38. The van der Waals surface area contributed by atoms with Gasteiger partial charge in [-0.25, -0.2) is 0 Å². The van der Waals surface area contributed by atoms with Gasteiger partial charge in [0.25, 0.3) is 0 Å². The van der Waals surface area contributed by atoms with Gasteiger partial charge in [-0.1, -0.05) is 115 Å². The van der Waals surface area contributed by atoms with E-state index in [1.54, 1.807) is 0 Å². The van der Waals surface area contributed by atoms with E-state index in [2.05, 4.69) is 154 Å². The lowest BCUT2D eigenvalue weighted by atomic mass is 9.90. The highest BCUT2D eigenvalue weighted by molar-refractivity contribution is 6.16. The number of hydrogen-bond donors (Lipinski definition) is 0. The molecule has 2 heterocycles.